The number of ether oxygens (including phenoxy) is 1. The molecule has 138 valence electrons. The van der Waals surface area contributed by atoms with Gasteiger partial charge in [0.2, 0.25) is 5.88 Å². The number of amides is 1. The smallest absolute Gasteiger partial charge is 0.251 e. The maximum atomic E-state index is 12.4. The minimum atomic E-state index is -0.188. The highest BCUT2D eigenvalue weighted by Crippen LogP contribution is 2.19. The van der Waals surface area contributed by atoms with E-state index in [9.17, 15) is 4.79 Å². The Morgan fingerprint density at radius 2 is 1.96 bits per heavy atom. The van der Waals surface area contributed by atoms with Gasteiger partial charge in [-0.3, -0.25) is 14.8 Å². The number of nitrogens with one attached hydrogen (secondary N) is 1. The molecular weight excluding hydrogens is 342 g/mol. The van der Waals surface area contributed by atoms with Crippen LogP contribution in [0.1, 0.15) is 35.6 Å². The van der Waals surface area contributed by atoms with Gasteiger partial charge >= 0.3 is 0 Å². The fraction of sp³-hybridized carbons (Fsp3) is 0.250. The molecule has 0 aliphatic rings. The first-order valence-corrected chi connectivity index (χ1v) is 8.68. The monoisotopic (exact) mass is 363 g/mol. The summed E-state index contributed by atoms with van der Waals surface area (Å²) >= 11 is 0. The third-order valence-electron chi connectivity index (χ3n) is 3.68. The zero-order chi connectivity index (χ0) is 19.2. The fourth-order valence-electron chi connectivity index (χ4n) is 2.38. The van der Waals surface area contributed by atoms with Crippen LogP contribution in [0.5, 0.6) is 5.88 Å². The van der Waals surface area contributed by atoms with Gasteiger partial charge in [-0.2, -0.15) is 0 Å². The number of hydrogen-bond acceptors (Lipinski definition) is 6. The molecule has 0 aliphatic carbocycles. The highest BCUT2D eigenvalue weighted by Gasteiger charge is 2.09. The van der Waals surface area contributed by atoms with Crippen LogP contribution in [0.2, 0.25) is 0 Å². The molecule has 0 radical (unpaired) electrons. The van der Waals surface area contributed by atoms with Crippen LogP contribution >= 0.6 is 0 Å². The minimum Gasteiger partial charge on any atom is -0.474 e. The Balaban J connectivity index is 1.69. The van der Waals surface area contributed by atoms with Gasteiger partial charge in [0, 0.05) is 23.4 Å². The first-order chi connectivity index (χ1) is 13.0. The van der Waals surface area contributed by atoms with E-state index in [1.807, 2.05) is 39.0 Å². The van der Waals surface area contributed by atoms with Crippen LogP contribution in [0.3, 0.4) is 0 Å². The average Bonchev–Trinajstić information content (AvgIpc) is 2.67. The maximum Gasteiger partial charge on any atom is 0.251 e. The first kappa shape index (κ1) is 18.4. The molecule has 2 aromatic heterocycles. The molecule has 1 amide bonds. The average molecular weight is 363 g/mol. The summed E-state index contributed by atoms with van der Waals surface area (Å²) in [6, 6.07) is 10.8. The number of nitrogens with zero attached hydrogens (tertiary/aromatic N) is 4. The van der Waals surface area contributed by atoms with Gasteiger partial charge in [0.15, 0.2) is 0 Å². The van der Waals surface area contributed by atoms with Crippen LogP contribution in [-0.4, -0.2) is 32.2 Å². The second kappa shape index (κ2) is 8.35. The van der Waals surface area contributed by atoms with E-state index in [1.54, 1.807) is 30.6 Å². The second-order valence-electron chi connectivity index (χ2n) is 6.34. The van der Waals surface area contributed by atoms with Crippen molar-refractivity contribution in [2.75, 3.05) is 0 Å². The molecule has 0 aliphatic heterocycles. The Kier molecular flexibility index (Phi) is 5.71. The van der Waals surface area contributed by atoms with E-state index in [4.69, 9.17) is 4.74 Å². The van der Waals surface area contributed by atoms with Gasteiger partial charge in [0.1, 0.15) is 0 Å². The molecule has 0 atom stereocenters. The Labute approximate surface area is 157 Å². The van der Waals surface area contributed by atoms with Gasteiger partial charge in [-0.05, 0) is 39.0 Å². The fourth-order valence-corrected chi connectivity index (χ4v) is 2.38. The van der Waals surface area contributed by atoms with Gasteiger partial charge in [0.25, 0.3) is 5.91 Å². The molecule has 0 bridgehead atoms. The van der Waals surface area contributed by atoms with E-state index < -0.39 is 0 Å². The van der Waals surface area contributed by atoms with E-state index in [-0.39, 0.29) is 12.0 Å². The summed E-state index contributed by atoms with van der Waals surface area (Å²) in [5.74, 6) is 0.286. The van der Waals surface area contributed by atoms with Gasteiger partial charge in [-0.15, -0.1) is 10.2 Å². The molecule has 3 rings (SSSR count). The number of rotatable bonds is 6. The lowest BCUT2D eigenvalue weighted by Gasteiger charge is -2.09. The molecule has 0 unspecified atom stereocenters. The first-order valence-electron chi connectivity index (χ1n) is 8.68. The molecule has 7 nitrogen and oxygen atoms in total. The second-order valence-corrected chi connectivity index (χ2v) is 6.34. The summed E-state index contributed by atoms with van der Waals surface area (Å²) in [4.78, 5) is 20.8. The van der Waals surface area contributed by atoms with Crippen molar-refractivity contribution < 1.29 is 9.53 Å². The highest BCUT2D eigenvalue weighted by molar-refractivity contribution is 5.95. The SMILES string of the molecule is Cc1cnc(CNC(=O)c2cccc(-c3ccc(OC(C)C)nn3)c2)cn1. The molecule has 0 saturated heterocycles. The minimum absolute atomic E-state index is 0.0374. The van der Waals surface area contributed by atoms with E-state index in [1.165, 1.54) is 0 Å². The van der Waals surface area contributed by atoms with Crippen LogP contribution in [0, 0.1) is 6.92 Å². The topological polar surface area (TPSA) is 89.9 Å². The predicted octanol–water partition coefficient (Wildman–Crippen LogP) is 2.96. The highest BCUT2D eigenvalue weighted by atomic mass is 16.5. The van der Waals surface area contributed by atoms with E-state index in [0.29, 0.717) is 29.4 Å². The van der Waals surface area contributed by atoms with Gasteiger partial charge in [-0.1, -0.05) is 12.1 Å². The van der Waals surface area contributed by atoms with Gasteiger partial charge < -0.3 is 10.1 Å². The molecule has 0 fully saturated rings. The van der Waals surface area contributed by atoms with E-state index >= 15 is 0 Å². The summed E-state index contributed by atoms with van der Waals surface area (Å²) in [7, 11) is 0. The van der Waals surface area contributed by atoms with Crippen LogP contribution in [0.15, 0.2) is 48.8 Å². The number of carbonyl (C=O) groups excluding carboxylic acids is 1. The molecule has 0 spiro atoms. The van der Waals surface area contributed by atoms with Crippen molar-refractivity contribution in [3.63, 3.8) is 0 Å². The summed E-state index contributed by atoms with van der Waals surface area (Å²) in [5, 5.41) is 11.1. The van der Waals surface area contributed by atoms with Crippen LogP contribution < -0.4 is 10.1 Å². The molecule has 1 aromatic carbocycles. The zero-order valence-corrected chi connectivity index (χ0v) is 15.5. The van der Waals surface area contributed by atoms with Crippen LogP contribution in [-0.2, 0) is 6.54 Å². The third kappa shape index (κ3) is 5.07. The third-order valence-corrected chi connectivity index (χ3v) is 3.68. The predicted molar refractivity (Wildman–Crippen MR) is 101 cm³/mol. The molecular formula is C20H21N5O2. The molecule has 2 heterocycles. The lowest BCUT2D eigenvalue weighted by atomic mass is 10.1. The van der Waals surface area contributed by atoms with Gasteiger partial charge in [-0.25, -0.2) is 0 Å². The number of aromatic nitrogens is 4. The summed E-state index contributed by atoms with van der Waals surface area (Å²) in [5.41, 5.74) is 3.56. The summed E-state index contributed by atoms with van der Waals surface area (Å²) in [6.45, 7) is 6.04. The van der Waals surface area contributed by atoms with Crippen molar-refractivity contribution in [1.82, 2.24) is 25.5 Å². The maximum absolute atomic E-state index is 12.4. The molecule has 7 heteroatoms. The Hall–Kier alpha value is -3.35. The van der Waals surface area contributed by atoms with Crippen molar-refractivity contribution in [3.05, 3.63) is 65.7 Å². The number of benzene rings is 1. The number of hydrogen-bond donors (Lipinski definition) is 1. The summed E-state index contributed by atoms with van der Waals surface area (Å²) < 4.78 is 5.50. The molecule has 27 heavy (non-hydrogen) atoms. The van der Waals surface area contributed by atoms with Crippen LogP contribution in [0.25, 0.3) is 11.3 Å². The van der Waals surface area contributed by atoms with Crippen molar-refractivity contribution in [1.29, 1.82) is 0 Å². The molecule has 3 aromatic rings. The lowest BCUT2D eigenvalue weighted by molar-refractivity contribution is 0.0950. The largest absolute Gasteiger partial charge is 0.474 e. The standard InChI is InChI=1S/C20H21N5O2/c1-13(2)27-19-8-7-18(24-25-19)15-5-4-6-16(9-15)20(26)23-12-17-11-21-14(3)10-22-17/h4-11,13H,12H2,1-3H3,(H,23,26). The number of aryl methyl sites for hydroxylation is 1. The lowest BCUT2D eigenvalue weighted by Crippen LogP contribution is -2.23. The van der Waals surface area contributed by atoms with E-state index in [0.717, 1.165) is 11.3 Å². The Bertz CT molecular complexity index is 908. The normalized spacial score (nSPS) is 10.7. The van der Waals surface area contributed by atoms with Crippen molar-refractivity contribution in [3.8, 4) is 17.1 Å². The van der Waals surface area contributed by atoms with Crippen molar-refractivity contribution in [2.45, 2.75) is 33.4 Å². The van der Waals surface area contributed by atoms with E-state index in [2.05, 4.69) is 25.5 Å². The quantitative estimate of drug-likeness (QED) is 0.724. The summed E-state index contributed by atoms with van der Waals surface area (Å²) in [6.07, 6.45) is 3.37. The van der Waals surface area contributed by atoms with Crippen LogP contribution in [0.4, 0.5) is 0 Å². The zero-order valence-electron chi connectivity index (χ0n) is 15.5. The Morgan fingerprint density at radius 3 is 2.63 bits per heavy atom. The Morgan fingerprint density at radius 1 is 1.11 bits per heavy atom. The van der Waals surface area contributed by atoms with Crippen molar-refractivity contribution >= 4 is 5.91 Å². The molecule has 0 saturated carbocycles. The van der Waals surface area contributed by atoms with Crippen molar-refractivity contribution in [2.24, 2.45) is 0 Å². The van der Waals surface area contributed by atoms with Gasteiger partial charge in [0.05, 0.1) is 35.9 Å². The molecule has 1 N–H and O–H groups in total. The number of carbonyl (C=O) groups is 1.